The van der Waals surface area contributed by atoms with Crippen LogP contribution in [-0.2, 0) is 9.53 Å². The van der Waals surface area contributed by atoms with Crippen LogP contribution in [0.25, 0.3) is 6.08 Å². The molecule has 0 spiro atoms. The van der Waals surface area contributed by atoms with Gasteiger partial charge in [-0.3, -0.25) is 9.36 Å². The van der Waals surface area contributed by atoms with Crippen LogP contribution in [-0.4, -0.2) is 30.4 Å². The van der Waals surface area contributed by atoms with Crippen molar-refractivity contribution in [1.82, 2.24) is 4.57 Å². The Hall–Kier alpha value is -3.91. The number of benzene rings is 2. The smallest absolute Gasteiger partial charge is 0.338 e. The van der Waals surface area contributed by atoms with Gasteiger partial charge < -0.3 is 14.2 Å². The van der Waals surface area contributed by atoms with Crippen LogP contribution in [0.5, 0.6) is 11.5 Å². The molecule has 1 aliphatic rings. The largest absolute Gasteiger partial charge is 0.490 e. The Kier molecular flexibility index (Phi) is 8.08. The van der Waals surface area contributed by atoms with Crippen molar-refractivity contribution in [3.05, 3.63) is 103 Å². The van der Waals surface area contributed by atoms with Crippen LogP contribution in [0.3, 0.4) is 0 Å². The van der Waals surface area contributed by atoms with E-state index in [2.05, 4.69) is 11.6 Å². The van der Waals surface area contributed by atoms with E-state index in [1.807, 2.05) is 56.3 Å². The van der Waals surface area contributed by atoms with E-state index in [0.717, 1.165) is 16.7 Å². The van der Waals surface area contributed by atoms with E-state index in [1.54, 1.807) is 30.6 Å². The number of hydrogen-bond acceptors (Lipinski definition) is 7. The first-order chi connectivity index (χ1) is 17.9. The van der Waals surface area contributed by atoms with Gasteiger partial charge in [-0.1, -0.05) is 59.9 Å². The molecule has 2 heterocycles. The van der Waals surface area contributed by atoms with E-state index in [9.17, 15) is 9.59 Å². The molecule has 1 aromatic heterocycles. The SMILES string of the molecule is C=CCOc1ccc(/C=c2/sc3n(c2=O)[C@@H](c2ccc(C)cc2)C(C(=O)OCC)=C(C)N=3)cc1OCC. The van der Waals surface area contributed by atoms with Crippen molar-refractivity contribution < 1.29 is 19.0 Å². The lowest BCUT2D eigenvalue weighted by Crippen LogP contribution is -2.39. The molecule has 0 unspecified atom stereocenters. The van der Waals surface area contributed by atoms with E-state index in [1.165, 1.54) is 11.3 Å². The highest BCUT2D eigenvalue weighted by Crippen LogP contribution is 2.31. The third-order valence-corrected chi connectivity index (χ3v) is 6.82. The van der Waals surface area contributed by atoms with Crippen LogP contribution in [0.15, 0.2) is 76.2 Å². The average molecular weight is 519 g/mol. The molecule has 3 aromatic rings. The van der Waals surface area contributed by atoms with Crippen LogP contribution in [0.4, 0.5) is 0 Å². The number of allylic oxidation sites excluding steroid dienone is 1. The second-order valence-electron chi connectivity index (χ2n) is 8.45. The highest BCUT2D eigenvalue weighted by Gasteiger charge is 2.33. The zero-order valence-corrected chi connectivity index (χ0v) is 22.3. The second-order valence-corrected chi connectivity index (χ2v) is 9.46. The Morgan fingerprint density at radius 1 is 1.08 bits per heavy atom. The van der Waals surface area contributed by atoms with Gasteiger partial charge in [-0.15, -0.1) is 0 Å². The lowest BCUT2D eigenvalue weighted by atomic mass is 9.95. The number of carbonyl (C=O) groups is 1. The van der Waals surface area contributed by atoms with Crippen molar-refractivity contribution >= 4 is 23.4 Å². The molecular weight excluding hydrogens is 488 g/mol. The minimum atomic E-state index is -0.633. The summed E-state index contributed by atoms with van der Waals surface area (Å²) in [6.07, 6.45) is 3.47. The van der Waals surface area contributed by atoms with Crippen LogP contribution >= 0.6 is 11.3 Å². The van der Waals surface area contributed by atoms with Gasteiger partial charge in [-0.2, -0.15) is 0 Å². The number of hydrogen-bond donors (Lipinski definition) is 0. The lowest BCUT2D eigenvalue weighted by Gasteiger charge is -2.24. The molecule has 0 amide bonds. The van der Waals surface area contributed by atoms with Gasteiger partial charge in [-0.25, -0.2) is 9.79 Å². The number of esters is 1. The van der Waals surface area contributed by atoms with Crippen molar-refractivity contribution in [1.29, 1.82) is 0 Å². The Morgan fingerprint density at radius 2 is 1.84 bits per heavy atom. The van der Waals surface area contributed by atoms with Gasteiger partial charge >= 0.3 is 5.97 Å². The van der Waals surface area contributed by atoms with Crippen molar-refractivity contribution in [2.75, 3.05) is 19.8 Å². The number of nitrogens with zero attached hydrogens (tertiary/aromatic N) is 2. The van der Waals surface area contributed by atoms with Crippen molar-refractivity contribution in [2.45, 2.75) is 33.7 Å². The molecule has 192 valence electrons. The monoisotopic (exact) mass is 518 g/mol. The number of fused-ring (bicyclic) bond motifs is 1. The number of carbonyl (C=O) groups excluding carboxylic acids is 1. The van der Waals surface area contributed by atoms with Gasteiger partial charge in [0.2, 0.25) is 0 Å². The molecule has 0 aliphatic carbocycles. The fourth-order valence-electron chi connectivity index (χ4n) is 4.16. The Labute approximate surface area is 219 Å². The normalized spacial score (nSPS) is 15.1. The minimum Gasteiger partial charge on any atom is -0.490 e. The molecule has 0 fully saturated rings. The zero-order chi connectivity index (χ0) is 26.5. The van der Waals surface area contributed by atoms with E-state index < -0.39 is 12.0 Å². The summed E-state index contributed by atoms with van der Waals surface area (Å²) in [5, 5.41) is 0. The van der Waals surface area contributed by atoms with E-state index >= 15 is 0 Å². The number of rotatable bonds is 9. The fourth-order valence-corrected chi connectivity index (χ4v) is 5.20. The summed E-state index contributed by atoms with van der Waals surface area (Å²) in [5.74, 6) is 0.721. The van der Waals surface area contributed by atoms with E-state index in [4.69, 9.17) is 14.2 Å². The topological polar surface area (TPSA) is 79.1 Å². The highest BCUT2D eigenvalue weighted by atomic mass is 32.1. The maximum atomic E-state index is 13.8. The Bertz CT molecular complexity index is 1530. The minimum absolute atomic E-state index is 0.228. The van der Waals surface area contributed by atoms with Crippen LogP contribution in [0.2, 0.25) is 0 Å². The first-order valence-corrected chi connectivity index (χ1v) is 13.0. The molecule has 0 radical (unpaired) electrons. The molecule has 0 saturated carbocycles. The first kappa shape index (κ1) is 26.2. The maximum absolute atomic E-state index is 13.8. The summed E-state index contributed by atoms with van der Waals surface area (Å²) in [6, 6.07) is 12.7. The fraction of sp³-hybridized carbons (Fsp3) is 0.276. The third kappa shape index (κ3) is 5.44. The quantitative estimate of drug-likeness (QED) is 0.315. The summed E-state index contributed by atoms with van der Waals surface area (Å²) in [5.41, 5.74) is 3.37. The van der Waals surface area contributed by atoms with Gasteiger partial charge in [-0.05, 0) is 57.0 Å². The molecule has 1 atom stereocenters. The van der Waals surface area contributed by atoms with Gasteiger partial charge in [0.05, 0.1) is 35.1 Å². The summed E-state index contributed by atoms with van der Waals surface area (Å²) in [7, 11) is 0. The molecule has 0 saturated heterocycles. The standard InChI is InChI=1S/C29H30N2O5S/c1-6-15-36-22-14-11-20(16-23(22)34-7-2)17-24-27(32)31-26(21-12-9-18(4)10-13-21)25(28(33)35-8-3)19(5)30-29(31)37-24/h6,9-14,16-17,26H,1,7-8,15H2,2-5H3/b24-17+/t26-/m0/s1. The lowest BCUT2D eigenvalue weighted by molar-refractivity contribution is -0.139. The Morgan fingerprint density at radius 3 is 2.51 bits per heavy atom. The molecule has 37 heavy (non-hydrogen) atoms. The third-order valence-electron chi connectivity index (χ3n) is 5.83. The average Bonchev–Trinajstić information content (AvgIpc) is 3.17. The van der Waals surface area contributed by atoms with Crippen LogP contribution in [0.1, 0.15) is 43.5 Å². The van der Waals surface area contributed by atoms with Crippen molar-refractivity contribution in [3.8, 4) is 11.5 Å². The molecular formula is C29H30N2O5S. The number of aryl methyl sites for hydroxylation is 1. The van der Waals surface area contributed by atoms with E-state index in [-0.39, 0.29) is 12.2 Å². The molecule has 0 N–H and O–H groups in total. The highest BCUT2D eigenvalue weighted by molar-refractivity contribution is 7.07. The summed E-state index contributed by atoms with van der Waals surface area (Å²) in [6.45, 7) is 12.2. The van der Waals surface area contributed by atoms with Gasteiger partial charge in [0, 0.05) is 0 Å². The van der Waals surface area contributed by atoms with Gasteiger partial charge in [0.15, 0.2) is 16.3 Å². The second kappa shape index (κ2) is 11.4. The first-order valence-electron chi connectivity index (χ1n) is 12.1. The number of ether oxygens (including phenoxy) is 3. The van der Waals surface area contributed by atoms with Crippen molar-refractivity contribution in [2.24, 2.45) is 4.99 Å². The molecule has 7 nitrogen and oxygen atoms in total. The van der Waals surface area contributed by atoms with Crippen LogP contribution in [0, 0.1) is 6.92 Å². The van der Waals surface area contributed by atoms with E-state index in [0.29, 0.717) is 45.3 Å². The Balaban J connectivity index is 1.87. The molecule has 2 aromatic carbocycles. The van der Waals surface area contributed by atoms with Crippen LogP contribution < -0.4 is 24.4 Å². The molecule has 1 aliphatic heterocycles. The maximum Gasteiger partial charge on any atom is 0.338 e. The summed E-state index contributed by atoms with van der Waals surface area (Å²) >= 11 is 1.28. The molecule has 0 bridgehead atoms. The number of aromatic nitrogens is 1. The summed E-state index contributed by atoms with van der Waals surface area (Å²) < 4.78 is 18.9. The molecule has 8 heteroatoms. The number of thiazole rings is 1. The predicted molar refractivity (Wildman–Crippen MR) is 145 cm³/mol. The predicted octanol–water partition coefficient (Wildman–Crippen LogP) is 4.07. The molecule has 4 rings (SSSR count). The zero-order valence-electron chi connectivity index (χ0n) is 21.4. The van der Waals surface area contributed by atoms with Gasteiger partial charge in [0.1, 0.15) is 6.61 Å². The van der Waals surface area contributed by atoms with Crippen molar-refractivity contribution in [3.63, 3.8) is 0 Å². The van der Waals surface area contributed by atoms with Gasteiger partial charge in [0.25, 0.3) is 5.56 Å². The summed E-state index contributed by atoms with van der Waals surface area (Å²) in [4.78, 5) is 31.9.